The Bertz CT molecular complexity index is 1040. The number of methoxy groups -OCH3 is 2. The van der Waals surface area contributed by atoms with Gasteiger partial charge in [0.15, 0.2) is 11.5 Å². The summed E-state index contributed by atoms with van der Waals surface area (Å²) < 4.78 is 74.3. The molecule has 0 aliphatic carbocycles. The highest BCUT2D eigenvalue weighted by Crippen LogP contribution is 2.32. The van der Waals surface area contributed by atoms with E-state index >= 15 is 0 Å². The molecule has 176 valence electrons. The van der Waals surface area contributed by atoms with Gasteiger partial charge in [-0.25, -0.2) is 8.42 Å². The number of hydrogen-bond acceptors (Lipinski definition) is 5. The molecule has 0 saturated carbocycles. The summed E-state index contributed by atoms with van der Waals surface area (Å²) in [6, 6.07) is 9.27. The zero-order chi connectivity index (χ0) is 23.9. The van der Waals surface area contributed by atoms with E-state index in [9.17, 15) is 26.4 Å². The van der Waals surface area contributed by atoms with Crippen molar-refractivity contribution in [1.29, 1.82) is 0 Å². The van der Waals surface area contributed by atoms with Crippen molar-refractivity contribution >= 4 is 21.6 Å². The van der Waals surface area contributed by atoms with E-state index in [0.29, 0.717) is 11.5 Å². The Morgan fingerprint density at radius 2 is 1.75 bits per heavy atom. The first kappa shape index (κ1) is 25.3. The molecule has 0 aliphatic heterocycles. The second-order valence-corrected chi connectivity index (χ2v) is 8.86. The lowest BCUT2D eigenvalue weighted by atomic mass is 10.2. The average Bonchev–Trinajstić information content (AvgIpc) is 2.73. The van der Waals surface area contributed by atoms with Gasteiger partial charge in [-0.3, -0.25) is 9.10 Å². The number of nitrogens with zero attached hydrogens (tertiary/aromatic N) is 1. The van der Waals surface area contributed by atoms with Crippen LogP contribution in [0, 0.1) is 0 Å². The van der Waals surface area contributed by atoms with Crippen LogP contribution in [-0.4, -0.2) is 41.3 Å². The number of carbonyl (C=O) groups excluding carboxylic acids is 1. The number of halogens is 3. The number of rotatable bonds is 10. The predicted octanol–water partition coefficient (Wildman–Crippen LogP) is 3.59. The zero-order valence-corrected chi connectivity index (χ0v) is 18.7. The van der Waals surface area contributed by atoms with Crippen molar-refractivity contribution in [2.75, 3.05) is 31.3 Å². The van der Waals surface area contributed by atoms with E-state index in [2.05, 4.69) is 5.32 Å². The molecule has 0 atom stereocenters. The van der Waals surface area contributed by atoms with Crippen LogP contribution in [0.25, 0.3) is 0 Å². The van der Waals surface area contributed by atoms with Crippen molar-refractivity contribution in [3.05, 3.63) is 53.6 Å². The predicted molar refractivity (Wildman–Crippen MR) is 114 cm³/mol. The lowest BCUT2D eigenvalue weighted by Gasteiger charge is -2.23. The molecule has 0 aliphatic rings. The van der Waals surface area contributed by atoms with Crippen LogP contribution in [0.5, 0.6) is 11.5 Å². The van der Waals surface area contributed by atoms with Crippen LogP contribution in [0.3, 0.4) is 0 Å². The number of carbonyl (C=O) groups is 1. The minimum atomic E-state index is -4.59. The molecule has 0 unspecified atom stereocenters. The number of ether oxygens (including phenoxy) is 2. The van der Waals surface area contributed by atoms with E-state index in [1.54, 1.807) is 18.2 Å². The molecule has 0 radical (unpaired) electrons. The summed E-state index contributed by atoms with van der Waals surface area (Å²) in [4.78, 5) is 12.2. The molecule has 7 nitrogen and oxygen atoms in total. The van der Waals surface area contributed by atoms with Gasteiger partial charge in [0.25, 0.3) is 0 Å². The number of anilines is 1. The number of sulfonamides is 1. The Morgan fingerprint density at radius 3 is 2.34 bits per heavy atom. The first-order chi connectivity index (χ1) is 15.0. The molecular formula is C21H25F3N2O5S. The summed E-state index contributed by atoms with van der Waals surface area (Å²) in [7, 11) is -0.829. The van der Waals surface area contributed by atoms with Crippen LogP contribution in [0.2, 0.25) is 0 Å². The summed E-state index contributed by atoms with van der Waals surface area (Å²) in [6.45, 7) is 0.0898. The maximum Gasteiger partial charge on any atom is 0.416 e. The van der Waals surface area contributed by atoms with Crippen LogP contribution in [0.1, 0.15) is 24.0 Å². The maximum absolute atomic E-state index is 13.0. The number of hydrogen-bond donors (Lipinski definition) is 1. The standard InChI is InChI=1S/C21H25F3N2O5S/c1-30-18-10-9-15(12-19(18)31-2)14-25-20(27)8-5-11-26(32(3,28)29)17-7-4-6-16(13-17)21(22,23)24/h4,6-7,9-10,12-13H,5,8,11,14H2,1-3H3,(H,25,27). The fourth-order valence-electron chi connectivity index (χ4n) is 2.99. The molecular weight excluding hydrogens is 449 g/mol. The largest absolute Gasteiger partial charge is 0.493 e. The number of nitrogens with one attached hydrogen (secondary N) is 1. The highest BCUT2D eigenvalue weighted by Gasteiger charge is 2.31. The van der Waals surface area contributed by atoms with Gasteiger partial charge in [0, 0.05) is 19.5 Å². The second kappa shape index (κ2) is 10.6. The maximum atomic E-state index is 13.0. The van der Waals surface area contributed by atoms with Crippen molar-refractivity contribution in [3.63, 3.8) is 0 Å². The Balaban J connectivity index is 1.97. The van der Waals surface area contributed by atoms with Crippen molar-refractivity contribution in [2.24, 2.45) is 0 Å². The molecule has 0 spiro atoms. The van der Waals surface area contributed by atoms with Crippen molar-refractivity contribution in [2.45, 2.75) is 25.6 Å². The normalized spacial score (nSPS) is 11.7. The Morgan fingerprint density at radius 1 is 1.06 bits per heavy atom. The molecule has 2 aromatic rings. The summed E-state index contributed by atoms with van der Waals surface area (Å²) in [6.07, 6.45) is -3.56. The molecule has 1 N–H and O–H groups in total. The monoisotopic (exact) mass is 474 g/mol. The van der Waals surface area contributed by atoms with Gasteiger partial charge in [-0.2, -0.15) is 13.2 Å². The van der Waals surface area contributed by atoms with E-state index in [4.69, 9.17) is 9.47 Å². The molecule has 32 heavy (non-hydrogen) atoms. The molecule has 2 aromatic carbocycles. The van der Waals surface area contributed by atoms with E-state index < -0.39 is 21.8 Å². The first-order valence-electron chi connectivity index (χ1n) is 9.58. The lowest BCUT2D eigenvalue weighted by Crippen LogP contribution is -2.32. The molecule has 0 bridgehead atoms. The molecule has 0 aromatic heterocycles. The van der Waals surface area contributed by atoms with Crippen molar-refractivity contribution in [3.8, 4) is 11.5 Å². The van der Waals surface area contributed by atoms with Gasteiger partial charge in [0.2, 0.25) is 15.9 Å². The Labute approximate surface area is 185 Å². The third-order valence-corrected chi connectivity index (χ3v) is 5.76. The number of alkyl halides is 3. The first-order valence-corrected chi connectivity index (χ1v) is 11.4. The smallest absolute Gasteiger partial charge is 0.416 e. The van der Waals surface area contributed by atoms with Crippen LogP contribution in [-0.2, 0) is 27.5 Å². The third kappa shape index (κ3) is 7.04. The average molecular weight is 475 g/mol. The fraction of sp³-hybridized carbons (Fsp3) is 0.381. The van der Waals surface area contributed by atoms with E-state index in [1.165, 1.54) is 20.3 Å². The second-order valence-electron chi connectivity index (χ2n) is 6.95. The number of benzene rings is 2. The highest BCUT2D eigenvalue weighted by molar-refractivity contribution is 7.92. The summed E-state index contributed by atoms with van der Waals surface area (Å²) in [5, 5.41) is 2.72. The van der Waals surface area contributed by atoms with Crippen molar-refractivity contribution in [1.82, 2.24) is 5.32 Å². The van der Waals surface area contributed by atoms with Gasteiger partial charge < -0.3 is 14.8 Å². The molecule has 0 saturated heterocycles. The van der Waals surface area contributed by atoms with Crippen LogP contribution in [0.15, 0.2) is 42.5 Å². The van der Waals surface area contributed by atoms with Gasteiger partial charge in [0.05, 0.1) is 31.7 Å². The minimum absolute atomic E-state index is 0.00172. The van der Waals surface area contributed by atoms with Crippen LogP contribution < -0.4 is 19.1 Å². The highest BCUT2D eigenvalue weighted by atomic mass is 32.2. The summed E-state index contributed by atoms with van der Waals surface area (Å²) in [5.41, 5.74) is -0.276. The molecule has 11 heteroatoms. The van der Waals surface area contributed by atoms with E-state index in [0.717, 1.165) is 34.3 Å². The SMILES string of the molecule is COc1ccc(CNC(=O)CCCN(c2cccc(C(F)(F)F)c2)S(C)(=O)=O)cc1OC. The van der Waals surface area contributed by atoms with Crippen LogP contribution in [0.4, 0.5) is 18.9 Å². The number of amides is 1. The fourth-order valence-corrected chi connectivity index (χ4v) is 3.94. The Kier molecular flexibility index (Phi) is 8.37. The van der Waals surface area contributed by atoms with Crippen molar-refractivity contribution < 1.29 is 35.9 Å². The zero-order valence-electron chi connectivity index (χ0n) is 17.9. The van der Waals surface area contributed by atoms with Gasteiger partial charge in [-0.15, -0.1) is 0 Å². The van der Waals surface area contributed by atoms with Gasteiger partial charge in [-0.1, -0.05) is 12.1 Å². The molecule has 1 amide bonds. The van der Waals surface area contributed by atoms with Gasteiger partial charge >= 0.3 is 6.18 Å². The lowest BCUT2D eigenvalue weighted by molar-refractivity contribution is -0.137. The van der Waals surface area contributed by atoms with E-state index in [1.807, 2.05) is 0 Å². The third-order valence-electron chi connectivity index (χ3n) is 4.56. The summed E-state index contributed by atoms with van der Waals surface area (Å²) >= 11 is 0. The van der Waals surface area contributed by atoms with E-state index in [-0.39, 0.29) is 37.5 Å². The Hall–Kier alpha value is -2.95. The molecule has 0 heterocycles. The van der Waals surface area contributed by atoms with Gasteiger partial charge in [0.1, 0.15) is 0 Å². The van der Waals surface area contributed by atoms with Gasteiger partial charge in [-0.05, 0) is 42.3 Å². The quantitative estimate of drug-likeness (QED) is 0.569. The van der Waals surface area contributed by atoms with Crippen LogP contribution >= 0.6 is 0 Å². The topological polar surface area (TPSA) is 84.9 Å². The minimum Gasteiger partial charge on any atom is -0.493 e. The molecule has 0 fully saturated rings. The molecule has 2 rings (SSSR count). The summed E-state index contributed by atoms with van der Waals surface area (Å²) in [5.74, 6) is 0.749.